The first-order valence-corrected chi connectivity index (χ1v) is 6.13. The molecule has 0 atom stereocenters. The molecule has 0 radical (unpaired) electrons. The lowest BCUT2D eigenvalue weighted by molar-refractivity contribution is 0.218. The summed E-state index contributed by atoms with van der Waals surface area (Å²) in [5.41, 5.74) is 13.9. The Labute approximate surface area is 112 Å². The molecule has 0 spiro atoms. The number of nitrogens with two attached hydrogens (primary N) is 2. The van der Waals surface area contributed by atoms with Crippen LogP contribution in [0.2, 0.25) is 0 Å². The summed E-state index contributed by atoms with van der Waals surface area (Å²) in [6.07, 6.45) is 0. The van der Waals surface area contributed by atoms with Crippen LogP contribution < -0.4 is 20.9 Å². The van der Waals surface area contributed by atoms with Crippen LogP contribution in [0, 0.1) is 6.92 Å². The fourth-order valence-corrected chi connectivity index (χ4v) is 1.70. The SMILES string of the molecule is Cc1cccc(OCCOc2cccc(N)c2)c1N. The molecule has 0 aliphatic rings. The number of aryl methyl sites for hydroxylation is 1. The molecule has 0 aliphatic heterocycles. The zero-order valence-electron chi connectivity index (χ0n) is 10.9. The lowest BCUT2D eigenvalue weighted by Crippen LogP contribution is -2.10. The quantitative estimate of drug-likeness (QED) is 0.639. The number of anilines is 2. The Morgan fingerprint density at radius 2 is 1.68 bits per heavy atom. The number of benzene rings is 2. The average molecular weight is 258 g/mol. The summed E-state index contributed by atoms with van der Waals surface area (Å²) in [5.74, 6) is 1.43. The van der Waals surface area contributed by atoms with Crippen molar-refractivity contribution in [1.82, 2.24) is 0 Å². The van der Waals surface area contributed by atoms with E-state index in [-0.39, 0.29) is 0 Å². The summed E-state index contributed by atoms with van der Waals surface area (Å²) < 4.78 is 11.1. The normalized spacial score (nSPS) is 10.2. The summed E-state index contributed by atoms with van der Waals surface area (Å²) in [4.78, 5) is 0. The van der Waals surface area contributed by atoms with Crippen LogP contribution >= 0.6 is 0 Å². The van der Waals surface area contributed by atoms with E-state index in [2.05, 4.69) is 0 Å². The third-order valence-electron chi connectivity index (χ3n) is 2.75. The largest absolute Gasteiger partial charge is 0.490 e. The van der Waals surface area contributed by atoms with E-state index in [1.54, 1.807) is 6.07 Å². The standard InChI is InChI=1S/C15H18N2O2/c1-11-4-2-7-14(15(11)17)19-9-8-18-13-6-3-5-12(16)10-13/h2-7,10H,8-9,16-17H2,1H3. The Hall–Kier alpha value is -2.36. The van der Waals surface area contributed by atoms with Gasteiger partial charge in [-0.05, 0) is 30.7 Å². The summed E-state index contributed by atoms with van der Waals surface area (Å²) >= 11 is 0. The van der Waals surface area contributed by atoms with Crippen molar-refractivity contribution in [3.8, 4) is 11.5 Å². The van der Waals surface area contributed by atoms with Crippen molar-refractivity contribution < 1.29 is 9.47 Å². The fourth-order valence-electron chi connectivity index (χ4n) is 1.70. The van der Waals surface area contributed by atoms with E-state index in [1.807, 2.05) is 43.3 Å². The molecule has 0 aromatic heterocycles. The zero-order valence-corrected chi connectivity index (χ0v) is 10.9. The Morgan fingerprint density at radius 3 is 2.47 bits per heavy atom. The third-order valence-corrected chi connectivity index (χ3v) is 2.75. The van der Waals surface area contributed by atoms with Gasteiger partial charge in [-0.25, -0.2) is 0 Å². The molecule has 2 aromatic rings. The smallest absolute Gasteiger partial charge is 0.142 e. The minimum Gasteiger partial charge on any atom is -0.490 e. The van der Waals surface area contributed by atoms with Gasteiger partial charge in [-0.1, -0.05) is 18.2 Å². The average Bonchev–Trinajstić information content (AvgIpc) is 2.39. The van der Waals surface area contributed by atoms with Gasteiger partial charge in [0, 0.05) is 11.8 Å². The fraction of sp³-hybridized carbons (Fsp3) is 0.200. The Balaban J connectivity index is 1.82. The molecule has 2 rings (SSSR count). The number of rotatable bonds is 5. The van der Waals surface area contributed by atoms with Gasteiger partial charge in [-0.15, -0.1) is 0 Å². The highest BCUT2D eigenvalue weighted by molar-refractivity contribution is 5.57. The minimum atomic E-state index is 0.433. The van der Waals surface area contributed by atoms with Crippen molar-refractivity contribution in [3.63, 3.8) is 0 Å². The van der Waals surface area contributed by atoms with E-state index in [0.717, 1.165) is 11.3 Å². The molecule has 0 fully saturated rings. The number of nitrogen functional groups attached to an aromatic ring is 2. The van der Waals surface area contributed by atoms with Crippen LogP contribution in [0.1, 0.15) is 5.56 Å². The van der Waals surface area contributed by atoms with E-state index in [0.29, 0.717) is 30.3 Å². The highest BCUT2D eigenvalue weighted by Crippen LogP contribution is 2.24. The minimum absolute atomic E-state index is 0.433. The number of hydrogen-bond donors (Lipinski definition) is 2. The molecule has 4 heteroatoms. The Bertz CT molecular complexity index is 556. The van der Waals surface area contributed by atoms with Gasteiger partial charge in [0.25, 0.3) is 0 Å². The molecule has 0 saturated carbocycles. The van der Waals surface area contributed by atoms with Crippen LogP contribution in [-0.2, 0) is 0 Å². The second-order valence-electron chi connectivity index (χ2n) is 4.26. The summed E-state index contributed by atoms with van der Waals surface area (Å²) in [6.45, 7) is 2.82. The first-order chi connectivity index (χ1) is 9.16. The van der Waals surface area contributed by atoms with Crippen LogP contribution in [0.15, 0.2) is 42.5 Å². The maximum absolute atomic E-state index is 5.91. The molecule has 19 heavy (non-hydrogen) atoms. The molecule has 4 nitrogen and oxygen atoms in total. The van der Waals surface area contributed by atoms with Crippen LogP contribution in [0.3, 0.4) is 0 Å². The lowest BCUT2D eigenvalue weighted by atomic mass is 10.2. The van der Waals surface area contributed by atoms with Gasteiger partial charge >= 0.3 is 0 Å². The van der Waals surface area contributed by atoms with Crippen molar-refractivity contribution in [1.29, 1.82) is 0 Å². The number of para-hydroxylation sites is 1. The zero-order chi connectivity index (χ0) is 13.7. The lowest BCUT2D eigenvalue weighted by Gasteiger charge is -2.11. The van der Waals surface area contributed by atoms with E-state index in [4.69, 9.17) is 20.9 Å². The summed E-state index contributed by atoms with van der Waals surface area (Å²) in [7, 11) is 0. The van der Waals surface area contributed by atoms with Crippen molar-refractivity contribution in [3.05, 3.63) is 48.0 Å². The van der Waals surface area contributed by atoms with Gasteiger partial charge in [-0.2, -0.15) is 0 Å². The van der Waals surface area contributed by atoms with Gasteiger partial charge < -0.3 is 20.9 Å². The Kier molecular flexibility index (Phi) is 4.13. The highest BCUT2D eigenvalue weighted by atomic mass is 16.5. The number of ether oxygens (including phenoxy) is 2. The molecule has 0 heterocycles. The third kappa shape index (κ3) is 3.55. The molecule has 0 unspecified atom stereocenters. The number of hydrogen-bond acceptors (Lipinski definition) is 4. The topological polar surface area (TPSA) is 70.5 Å². The molecule has 2 aromatic carbocycles. The van der Waals surface area contributed by atoms with E-state index in [1.165, 1.54) is 0 Å². The van der Waals surface area contributed by atoms with Crippen molar-refractivity contribution in [2.45, 2.75) is 6.92 Å². The van der Waals surface area contributed by atoms with Crippen LogP contribution in [0.4, 0.5) is 11.4 Å². The van der Waals surface area contributed by atoms with Gasteiger partial charge in [0.1, 0.15) is 24.7 Å². The molecule has 100 valence electrons. The maximum Gasteiger partial charge on any atom is 0.142 e. The van der Waals surface area contributed by atoms with Crippen molar-refractivity contribution >= 4 is 11.4 Å². The molecule has 0 amide bonds. The van der Waals surface area contributed by atoms with Crippen molar-refractivity contribution in [2.24, 2.45) is 0 Å². The van der Waals surface area contributed by atoms with Gasteiger partial charge in [0.15, 0.2) is 0 Å². The monoisotopic (exact) mass is 258 g/mol. The van der Waals surface area contributed by atoms with Gasteiger partial charge in [0.2, 0.25) is 0 Å². The Morgan fingerprint density at radius 1 is 0.947 bits per heavy atom. The second kappa shape index (κ2) is 6.00. The predicted octanol–water partition coefficient (Wildman–Crippen LogP) is 2.62. The van der Waals surface area contributed by atoms with Gasteiger partial charge in [0.05, 0.1) is 5.69 Å². The molecule has 0 bridgehead atoms. The summed E-state index contributed by atoms with van der Waals surface area (Å²) in [6, 6.07) is 13.0. The van der Waals surface area contributed by atoms with Crippen molar-refractivity contribution in [2.75, 3.05) is 24.7 Å². The first-order valence-electron chi connectivity index (χ1n) is 6.13. The molecular weight excluding hydrogens is 240 g/mol. The molecule has 4 N–H and O–H groups in total. The van der Waals surface area contributed by atoms with Crippen LogP contribution in [0.25, 0.3) is 0 Å². The predicted molar refractivity (Wildman–Crippen MR) is 77.4 cm³/mol. The van der Waals surface area contributed by atoms with E-state index < -0.39 is 0 Å². The van der Waals surface area contributed by atoms with Crippen LogP contribution in [0.5, 0.6) is 11.5 Å². The van der Waals surface area contributed by atoms with Gasteiger partial charge in [-0.3, -0.25) is 0 Å². The molecule has 0 saturated heterocycles. The molecule has 0 aliphatic carbocycles. The molecular formula is C15H18N2O2. The highest BCUT2D eigenvalue weighted by Gasteiger charge is 2.02. The maximum atomic E-state index is 5.91. The van der Waals surface area contributed by atoms with Crippen LogP contribution in [-0.4, -0.2) is 13.2 Å². The summed E-state index contributed by atoms with van der Waals surface area (Å²) in [5, 5.41) is 0. The van der Waals surface area contributed by atoms with E-state index >= 15 is 0 Å². The first kappa shape index (κ1) is 13.1. The van der Waals surface area contributed by atoms with E-state index in [9.17, 15) is 0 Å². The second-order valence-corrected chi connectivity index (χ2v) is 4.26.